The molecule has 0 saturated carbocycles. The Morgan fingerprint density at radius 3 is 2.75 bits per heavy atom. The summed E-state index contributed by atoms with van der Waals surface area (Å²) in [5, 5.41) is 0. The topological polar surface area (TPSA) is 41.3 Å². The number of rotatable bonds is 6. The van der Waals surface area contributed by atoms with Crippen molar-refractivity contribution < 1.29 is 4.39 Å². The molecule has 90 valence electrons. The Kier molecular flexibility index (Phi) is 5.38. The van der Waals surface area contributed by atoms with E-state index in [1.54, 1.807) is 12.1 Å². The van der Waals surface area contributed by atoms with Crippen molar-refractivity contribution in [1.29, 1.82) is 0 Å². The smallest absolute Gasteiger partial charge is 0.123 e. The number of hydrogen-bond acceptors (Lipinski definition) is 3. The highest BCUT2D eigenvalue weighted by Crippen LogP contribution is 2.08. The van der Waals surface area contributed by atoms with E-state index in [0.29, 0.717) is 0 Å². The van der Waals surface area contributed by atoms with Crippen molar-refractivity contribution in [3.8, 4) is 0 Å². The standard InChI is InChI=1S/C12H20FN3/c1-16(2)7-6-12(15-14)9-10-4-3-5-11(13)8-10/h3-5,8,12,15H,6-7,9,14H2,1-2H3. The third-order valence-corrected chi connectivity index (χ3v) is 2.53. The van der Waals surface area contributed by atoms with Gasteiger partial charge >= 0.3 is 0 Å². The molecule has 0 aliphatic carbocycles. The molecule has 3 N–H and O–H groups in total. The van der Waals surface area contributed by atoms with Crippen LogP contribution in [0.25, 0.3) is 0 Å². The van der Waals surface area contributed by atoms with Crippen molar-refractivity contribution in [3.63, 3.8) is 0 Å². The van der Waals surface area contributed by atoms with Gasteiger partial charge in [-0.25, -0.2) is 4.39 Å². The average molecular weight is 225 g/mol. The Bertz CT molecular complexity index is 315. The Morgan fingerprint density at radius 1 is 1.44 bits per heavy atom. The van der Waals surface area contributed by atoms with Gasteiger partial charge < -0.3 is 4.90 Å². The van der Waals surface area contributed by atoms with Gasteiger partial charge in [0, 0.05) is 6.04 Å². The van der Waals surface area contributed by atoms with Gasteiger partial charge in [-0.05, 0) is 51.2 Å². The van der Waals surface area contributed by atoms with Crippen molar-refractivity contribution in [2.24, 2.45) is 5.84 Å². The second-order valence-electron chi connectivity index (χ2n) is 4.29. The zero-order chi connectivity index (χ0) is 12.0. The minimum absolute atomic E-state index is 0.184. The van der Waals surface area contributed by atoms with Gasteiger partial charge in [0.05, 0.1) is 0 Å². The Balaban J connectivity index is 2.49. The molecule has 0 saturated heterocycles. The molecule has 16 heavy (non-hydrogen) atoms. The number of hydrazine groups is 1. The summed E-state index contributed by atoms with van der Waals surface area (Å²) in [6.45, 7) is 0.962. The van der Waals surface area contributed by atoms with Gasteiger partial charge in [-0.3, -0.25) is 11.3 Å². The molecule has 0 bridgehead atoms. The normalized spacial score (nSPS) is 13.1. The second kappa shape index (κ2) is 6.58. The van der Waals surface area contributed by atoms with E-state index in [4.69, 9.17) is 5.84 Å². The fourth-order valence-electron chi connectivity index (χ4n) is 1.61. The van der Waals surface area contributed by atoms with Crippen LogP contribution in [0, 0.1) is 5.82 Å². The summed E-state index contributed by atoms with van der Waals surface area (Å²) in [6.07, 6.45) is 1.70. The fraction of sp³-hybridized carbons (Fsp3) is 0.500. The molecule has 0 aromatic heterocycles. The molecule has 0 radical (unpaired) electrons. The van der Waals surface area contributed by atoms with Crippen molar-refractivity contribution in [1.82, 2.24) is 10.3 Å². The SMILES string of the molecule is CN(C)CCC(Cc1cccc(F)c1)NN. The summed E-state index contributed by atoms with van der Waals surface area (Å²) in [6, 6.07) is 6.84. The van der Waals surface area contributed by atoms with Crippen LogP contribution in [-0.2, 0) is 6.42 Å². The maximum atomic E-state index is 13.0. The van der Waals surface area contributed by atoms with E-state index in [1.807, 2.05) is 20.2 Å². The average Bonchev–Trinajstić information content (AvgIpc) is 2.24. The van der Waals surface area contributed by atoms with Crippen molar-refractivity contribution in [2.75, 3.05) is 20.6 Å². The quantitative estimate of drug-likeness (QED) is 0.564. The van der Waals surface area contributed by atoms with E-state index in [-0.39, 0.29) is 11.9 Å². The van der Waals surface area contributed by atoms with Gasteiger partial charge in [0.2, 0.25) is 0 Å². The second-order valence-corrected chi connectivity index (χ2v) is 4.29. The molecule has 3 nitrogen and oxygen atoms in total. The Labute approximate surface area is 96.4 Å². The third kappa shape index (κ3) is 4.70. The molecule has 0 aliphatic rings. The lowest BCUT2D eigenvalue weighted by molar-refractivity contribution is 0.358. The van der Waals surface area contributed by atoms with Gasteiger partial charge in [-0.2, -0.15) is 0 Å². The highest BCUT2D eigenvalue weighted by Gasteiger charge is 2.08. The summed E-state index contributed by atoms with van der Waals surface area (Å²) < 4.78 is 13.0. The molecule has 1 rings (SSSR count). The van der Waals surface area contributed by atoms with Crippen molar-refractivity contribution in [2.45, 2.75) is 18.9 Å². The molecule has 1 aromatic rings. The summed E-state index contributed by atoms with van der Waals surface area (Å²) >= 11 is 0. The van der Waals surface area contributed by atoms with Crippen LogP contribution in [-0.4, -0.2) is 31.6 Å². The fourth-order valence-corrected chi connectivity index (χ4v) is 1.61. The Hall–Kier alpha value is -0.970. The largest absolute Gasteiger partial charge is 0.309 e. The van der Waals surface area contributed by atoms with Gasteiger partial charge in [0.1, 0.15) is 5.82 Å². The summed E-state index contributed by atoms with van der Waals surface area (Å²) in [5.74, 6) is 5.29. The van der Waals surface area contributed by atoms with Crippen LogP contribution in [0.4, 0.5) is 4.39 Å². The Morgan fingerprint density at radius 2 is 2.19 bits per heavy atom. The number of hydrogen-bond donors (Lipinski definition) is 2. The molecule has 0 aliphatic heterocycles. The van der Waals surface area contributed by atoms with Crippen LogP contribution >= 0.6 is 0 Å². The van der Waals surface area contributed by atoms with Crippen molar-refractivity contribution in [3.05, 3.63) is 35.6 Å². The predicted molar refractivity (Wildman–Crippen MR) is 64.4 cm³/mol. The zero-order valence-corrected chi connectivity index (χ0v) is 9.91. The molecule has 0 spiro atoms. The first-order valence-electron chi connectivity index (χ1n) is 5.47. The molecular weight excluding hydrogens is 205 g/mol. The monoisotopic (exact) mass is 225 g/mol. The van der Waals surface area contributed by atoms with Gasteiger partial charge in [0.25, 0.3) is 0 Å². The molecule has 0 fully saturated rings. The lowest BCUT2D eigenvalue weighted by atomic mass is 10.0. The number of nitrogens with one attached hydrogen (secondary N) is 1. The maximum Gasteiger partial charge on any atom is 0.123 e. The zero-order valence-electron chi connectivity index (χ0n) is 9.91. The molecular formula is C12H20FN3. The minimum atomic E-state index is -0.194. The number of benzene rings is 1. The first kappa shape index (κ1) is 13.1. The highest BCUT2D eigenvalue weighted by molar-refractivity contribution is 5.17. The van der Waals surface area contributed by atoms with E-state index in [1.165, 1.54) is 6.07 Å². The van der Waals surface area contributed by atoms with Gasteiger partial charge in [0.15, 0.2) is 0 Å². The lowest BCUT2D eigenvalue weighted by Gasteiger charge is -2.18. The maximum absolute atomic E-state index is 13.0. The van der Waals surface area contributed by atoms with E-state index in [0.717, 1.165) is 24.9 Å². The van der Waals surface area contributed by atoms with Crippen LogP contribution < -0.4 is 11.3 Å². The van der Waals surface area contributed by atoms with Crippen LogP contribution in [0.5, 0.6) is 0 Å². The first-order chi connectivity index (χ1) is 7.61. The minimum Gasteiger partial charge on any atom is -0.309 e. The molecule has 0 amide bonds. The molecule has 4 heteroatoms. The highest BCUT2D eigenvalue weighted by atomic mass is 19.1. The van der Waals surface area contributed by atoms with E-state index in [9.17, 15) is 4.39 Å². The lowest BCUT2D eigenvalue weighted by Crippen LogP contribution is -2.38. The van der Waals surface area contributed by atoms with Gasteiger partial charge in [-0.15, -0.1) is 0 Å². The third-order valence-electron chi connectivity index (χ3n) is 2.53. The first-order valence-corrected chi connectivity index (χ1v) is 5.47. The van der Waals surface area contributed by atoms with E-state index in [2.05, 4.69) is 10.3 Å². The van der Waals surface area contributed by atoms with Crippen LogP contribution in [0.15, 0.2) is 24.3 Å². The van der Waals surface area contributed by atoms with Gasteiger partial charge in [-0.1, -0.05) is 12.1 Å². The molecule has 1 aromatic carbocycles. The van der Waals surface area contributed by atoms with E-state index < -0.39 is 0 Å². The number of halogens is 1. The number of nitrogens with zero attached hydrogens (tertiary/aromatic N) is 1. The molecule has 0 heterocycles. The van der Waals surface area contributed by atoms with Crippen LogP contribution in [0.3, 0.4) is 0 Å². The summed E-state index contributed by atoms with van der Waals surface area (Å²) in [4.78, 5) is 2.11. The van der Waals surface area contributed by atoms with Crippen LogP contribution in [0.2, 0.25) is 0 Å². The molecule has 1 unspecified atom stereocenters. The summed E-state index contributed by atoms with van der Waals surface area (Å²) in [5.41, 5.74) is 3.75. The predicted octanol–water partition coefficient (Wildman–Crippen LogP) is 1.15. The van der Waals surface area contributed by atoms with Crippen LogP contribution in [0.1, 0.15) is 12.0 Å². The van der Waals surface area contributed by atoms with Crippen molar-refractivity contribution >= 4 is 0 Å². The summed E-state index contributed by atoms with van der Waals surface area (Å²) in [7, 11) is 4.05. The molecule has 1 atom stereocenters. The van der Waals surface area contributed by atoms with E-state index >= 15 is 0 Å². The number of nitrogens with two attached hydrogens (primary N) is 1.